The number of ether oxygens (including phenoxy) is 2. The number of likely N-dealkylation sites (tertiary alicyclic amines) is 1. The van der Waals surface area contributed by atoms with E-state index in [0.29, 0.717) is 38.6 Å². The third-order valence-electron chi connectivity index (χ3n) is 4.17. The Morgan fingerprint density at radius 2 is 1.85 bits per heavy atom. The molecule has 0 aliphatic carbocycles. The van der Waals surface area contributed by atoms with E-state index in [0.717, 1.165) is 38.5 Å². The summed E-state index contributed by atoms with van der Waals surface area (Å²) >= 11 is 0. The molecule has 1 aliphatic heterocycles. The average Bonchev–Trinajstić information content (AvgIpc) is 2.61. The Kier molecular flexibility index (Phi) is 14.1. The van der Waals surface area contributed by atoms with Gasteiger partial charge in [-0.25, -0.2) is 4.79 Å². The number of nitrogens with zero attached hydrogens (tertiary/aromatic N) is 2. The van der Waals surface area contributed by atoms with E-state index in [1.165, 1.54) is 7.11 Å². The lowest BCUT2D eigenvalue weighted by Crippen LogP contribution is -2.48. The SMILES string of the molecule is CCOC(=O)N1CCC(NC(N)=NCCCCCCC(=O)OC)CC1.I. The van der Waals surface area contributed by atoms with E-state index in [4.69, 9.17) is 10.5 Å². The number of hydrogen-bond donors (Lipinski definition) is 2. The Labute approximate surface area is 173 Å². The maximum Gasteiger partial charge on any atom is 0.409 e. The fraction of sp³-hybridized carbons (Fsp3) is 0.824. The molecule has 0 atom stereocenters. The van der Waals surface area contributed by atoms with Crippen molar-refractivity contribution >= 4 is 42.0 Å². The molecule has 1 saturated heterocycles. The maximum absolute atomic E-state index is 11.6. The standard InChI is InChI=1S/C17H32N4O4.HI/c1-3-25-17(23)21-12-9-14(10-13-21)20-16(18)19-11-7-5-4-6-8-15(22)24-2;/h14H,3-13H2,1-2H3,(H3,18,19,20);1H. The fourth-order valence-corrected chi connectivity index (χ4v) is 2.71. The minimum atomic E-state index is -0.241. The molecule has 26 heavy (non-hydrogen) atoms. The predicted octanol–water partition coefficient (Wildman–Crippen LogP) is 2.25. The van der Waals surface area contributed by atoms with Crippen molar-refractivity contribution in [3.05, 3.63) is 0 Å². The number of carbonyl (C=O) groups excluding carboxylic acids is 2. The molecule has 1 heterocycles. The molecule has 1 amide bonds. The van der Waals surface area contributed by atoms with Crippen molar-refractivity contribution in [2.75, 3.05) is 33.4 Å². The topological polar surface area (TPSA) is 106 Å². The molecule has 8 nitrogen and oxygen atoms in total. The quantitative estimate of drug-likeness (QED) is 0.171. The number of piperidine rings is 1. The molecule has 1 rings (SSSR count). The Balaban J connectivity index is 0.00000625. The Morgan fingerprint density at radius 3 is 2.46 bits per heavy atom. The van der Waals surface area contributed by atoms with Crippen molar-refractivity contribution in [1.29, 1.82) is 0 Å². The van der Waals surface area contributed by atoms with Crippen LogP contribution in [0, 0.1) is 0 Å². The number of rotatable bonds is 9. The zero-order valence-corrected chi connectivity index (χ0v) is 18.2. The summed E-state index contributed by atoms with van der Waals surface area (Å²) < 4.78 is 9.60. The molecule has 152 valence electrons. The molecular formula is C17H33IN4O4. The number of unbranched alkanes of at least 4 members (excludes halogenated alkanes) is 3. The van der Waals surface area contributed by atoms with Gasteiger partial charge in [0.1, 0.15) is 0 Å². The zero-order valence-electron chi connectivity index (χ0n) is 15.9. The van der Waals surface area contributed by atoms with Gasteiger partial charge in [0.2, 0.25) is 0 Å². The molecule has 0 saturated carbocycles. The average molecular weight is 484 g/mol. The van der Waals surface area contributed by atoms with Crippen molar-refractivity contribution in [2.24, 2.45) is 10.7 Å². The third-order valence-corrected chi connectivity index (χ3v) is 4.17. The zero-order chi connectivity index (χ0) is 18.5. The summed E-state index contributed by atoms with van der Waals surface area (Å²) in [5.41, 5.74) is 5.92. The molecular weight excluding hydrogens is 451 g/mol. The molecule has 1 aliphatic rings. The molecule has 0 radical (unpaired) electrons. The Bertz CT molecular complexity index is 440. The number of hydrogen-bond acceptors (Lipinski definition) is 5. The number of methoxy groups -OCH3 is 1. The van der Waals surface area contributed by atoms with Crippen LogP contribution < -0.4 is 11.1 Å². The summed E-state index contributed by atoms with van der Waals surface area (Å²) in [5.74, 6) is 0.310. The first-order valence-corrected chi connectivity index (χ1v) is 9.11. The van der Waals surface area contributed by atoms with Crippen LogP contribution in [0.2, 0.25) is 0 Å². The Hall–Kier alpha value is -1.26. The van der Waals surface area contributed by atoms with E-state index in [1.54, 1.807) is 4.90 Å². The number of nitrogens with one attached hydrogen (secondary N) is 1. The number of carbonyl (C=O) groups is 2. The highest BCUT2D eigenvalue weighted by molar-refractivity contribution is 14.0. The molecule has 0 aromatic heterocycles. The largest absolute Gasteiger partial charge is 0.469 e. The second-order valence-corrected chi connectivity index (χ2v) is 6.11. The lowest BCUT2D eigenvalue weighted by molar-refractivity contribution is -0.140. The van der Waals surface area contributed by atoms with Crippen LogP contribution in [0.4, 0.5) is 4.79 Å². The van der Waals surface area contributed by atoms with Gasteiger partial charge in [-0.2, -0.15) is 0 Å². The van der Waals surface area contributed by atoms with Gasteiger partial charge in [-0.1, -0.05) is 12.8 Å². The lowest BCUT2D eigenvalue weighted by Gasteiger charge is -2.31. The molecule has 9 heteroatoms. The number of halogens is 1. The monoisotopic (exact) mass is 484 g/mol. The van der Waals surface area contributed by atoms with Crippen LogP contribution in [-0.2, 0) is 14.3 Å². The molecule has 3 N–H and O–H groups in total. The van der Waals surface area contributed by atoms with Crippen LogP contribution >= 0.6 is 24.0 Å². The van der Waals surface area contributed by atoms with E-state index in [2.05, 4.69) is 15.0 Å². The van der Waals surface area contributed by atoms with E-state index >= 15 is 0 Å². The van der Waals surface area contributed by atoms with Crippen LogP contribution in [0.1, 0.15) is 51.9 Å². The molecule has 0 aromatic rings. The molecule has 0 aromatic carbocycles. The highest BCUT2D eigenvalue weighted by atomic mass is 127. The van der Waals surface area contributed by atoms with Gasteiger partial charge in [0.05, 0.1) is 13.7 Å². The van der Waals surface area contributed by atoms with Crippen LogP contribution in [0.5, 0.6) is 0 Å². The van der Waals surface area contributed by atoms with Gasteiger partial charge in [0.15, 0.2) is 5.96 Å². The summed E-state index contributed by atoms with van der Waals surface area (Å²) in [6, 6.07) is 0.245. The lowest BCUT2D eigenvalue weighted by atomic mass is 10.1. The van der Waals surface area contributed by atoms with Crippen molar-refractivity contribution in [2.45, 2.75) is 57.9 Å². The van der Waals surface area contributed by atoms with Crippen molar-refractivity contribution in [3.63, 3.8) is 0 Å². The predicted molar refractivity (Wildman–Crippen MR) is 112 cm³/mol. The number of aliphatic imine (C=N–C) groups is 1. The van der Waals surface area contributed by atoms with Crippen LogP contribution in [0.25, 0.3) is 0 Å². The number of amides is 1. The summed E-state index contributed by atoms with van der Waals surface area (Å²) in [6.07, 6.45) is 5.72. The van der Waals surface area contributed by atoms with E-state index < -0.39 is 0 Å². The number of guanidine groups is 1. The van der Waals surface area contributed by atoms with Gasteiger partial charge in [-0.05, 0) is 32.6 Å². The summed E-state index contributed by atoms with van der Waals surface area (Å²) in [7, 11) is 1.41. The fourth-order valence-electron chi connectivity index (χ4n) is 2.71. The van der Waals surface area contributed by atoms with Crippen LogP contribution in [0.15, 0.2) is 4.99 Å². The first kappa shape index (κ1) is 24.7. The number of nitrogens with two attached hydrogens (primary N) is 1. The third kappa shape index (κ3) is 10.7. The summed E-state index contributed by atoms with van der Waals surface area (Å²) in [4.78, 5) is 28.7. The van der Waals surface area contributed by atoms with Gasteiger partial charge in [-0.15, -0.1) is 24.0 Å². The Morgan fingerprint density at radius 1 is 1.19 bits per heavy atom. The van der Waals surface area contributed by atoms with Crippen molar-refractivity contribution < 1.29 is 19.1 Å². The molecule has 0 spiro atoms. The molecule has 1 fully saturated rings. The summed E-state index contributed by atoms with van der Waals surface area (Å²) in [5, 5.41) is 3.22. The van der Waals surface area contributed by atoms with Gasteiger partial charge in [0.25, 0.3) is 0 Å². The first-order valence-electron chi connectivity index (χ1n) is 9.11. The molecule has 0 bridgehead atoms. The highest BCUT2D eigenvalue weighted by Crippen LogP contribution is 2.11. The smallest absolute Gasteiger partial charge is 0.409 e. The van der Waals surface area contributed by atoms with E-state index in [1.807, 2.05) is 6.92 Å². The van der Waals surface area contributed by atoms with Crippen molar-refractivity contribution in [1.82, 2.24) is 10.2 Å². The van der Waals surface area contributed by atoms with E-state index in [9.17, 15) is 9.59 Å². The van der Waals surface area contributed by atoms with E-state index in [-0.39, 0.29) is 42.1 Å². The van der Waals surface area contributed by atoms with Gasteiger partial charge >= 0.3 is 12.1 Å². The second kappa shape index (κ2) is 14.9. The maximum atomic E-state index is 11.6. The minimum absolute atomic E-state index is 0. The first-order chi connectivity index (χ1) is 12.1. The number of esters is 1. The van der Waals surface area contributed by atoms with Gasteiger partial charge < -0.3 is 25.4 Å². The normalized spacial score (nSPS) is 15.2. The van der Waals surface area contributed by atoms with Gasteiger partial charge in [-0.3, -0.25) is 9.79 Å². The molecule has 0 unspecified atom stereocenters. The minimum Gasteiger partial charge on any atom is -0.469 e. The highest BCUT2D eigenvalue weighted by Gasteiger charge is 2.23. The van der Waals surface area contributed by atoms with Crippen molar-refractivity contribution in [3.8, 4) is 0 Å². The van der Waals surface area contributed by atoms with Gasteiger partial charge in [0, 0.05) is 32.1 Å². The van der Waals surface area contributed by atoms with Crippen LogP contribution in [-0.4, -0.2) is 62.3 Å². The summed E-state index contributed by atoms with van der Waals surface area (Å²) in [6.45, 7) is 4.23. The second-order valence-electron chi connectivity index (χ2n) is 6.11. The van der Waals surface area contributed by atoms with Crippen LogP contribution in [0.3, 0.4) is 0 Å².